The molecule has 0 saturated carbocycles. The van der Waals surface area contributed by atoms with E-state index in [9.17, 15) is 9.59 Å². The number of benzene rings is 2. The minimum Gasteiger partial charge on any atom is -0.497 e. The van der Waals surface area contributed by atoms with Crippen LogP contribution in [0.3, 0.4) is 0 Å². The summed E-state index contributed by atoms with van der Waals surface area (Å²) in [7, 11) is 7.08. The number of hydrogen-bond acceptors (Lipinski definition) is 5. The van der Waals surface area contributed by atoms with Gasteiger partial charge in [0.15, 0.2) is 0 Å². The highest BCUT2D eigenvalue weighted by Gasteiger charge is 2.16. The Bertz CT molecular complexity index is 806. The van der Waals surface area contributed by atoms with Gasteiger partial charge in [0, 0.05) is 19.5 Å². The summed E-state index contributed by atoms with van der Waals surface area (Å²) in [5.41, 5.74) is 1.53. The smallest absolute Gasteiger partial charge is 0.255 e. The zero-order chi connectivity index (χ0) is 21.2. The van der Waals surface area contributed by atoms with E-state index >= 15 is 0 Å². The summed E-state index contributed by atoms with van der Waals surface area (Å²) >= 11 is 0. The number of carbonyl (C=O) groups excluding carboxylic acids is 2. The van der Waals surface area contributed by atoms with E-state index in [1.807, 2.05) is 43.3 Å². The molecule has 29 heavy (non-hydrogen) atoms. The maximum absolute atomic E-state index is 12.3. The number of para-hydroxylation sites is 1. The van der Waals surface area contributed by atoms with Crippen molar-refractivity contribution in [2.24, 2.45) is 0 Å². The summed E-state index contributed by atoms with van der Waals surface area (Å²) in [4.78, 5) is 26.5. The SMILES string of the molecule is COc1ccc([C@@H](CNC(=O)CCNC(=O)c2ccccc2OC)N(C)C)cc1. The Balaban J connectivity index is 1.82. The van der Waals surface area contributed by atoms with Crippen LogP contribution in [0.5, 0.6) is 11.5 Å². The van der Waals surface area contributed by atoms with Crippen molar-refractivity contribution in [1.82, 2.24) is 15.5 Å². The van der Waals surface area contributed by atoms with E-state index in [1.165, 1.54) is 7.11 Å². The molecule has 2 N–H and O–H groups in total. The third-order valence-electron chi connectivity index (χ3n) is 4.61. The van der Waals surface area contributed by atoms with Crippen LogP contribution in [-0.4, -0.2) is 58.1 Å². The Kier molecular flexibility index (Phi) is 8.48. The second-order valence-corrected chi connectivity index (χ2v) is 6.76. The van der Waals surface area contributed by atoms with Gasteiger partial charge in [-0.25, -0.2) is 0 Å². The largest absolute Gasteiger partial charge is 0.497 e. The summed E-state index contributed by atoms with van der Waals surface area (Å²) in [5, 5.41) is 5.69. The van der Waals surface area contributed by atoms with Crippen molar-refractivity contribution in [2.75, 3.05) is 41.4 Å². The fourth-order valence-electron chi connectivity index (χ4n) is 2.94. The van der Waals surface area contributed by atoms with E-state index < -0.39 is 0 Å². The number of carbonyl (C=O) groups is 2. The number of methoxy groups -OCH3 is 2. The lowest BCUT2D eigenvalue weighted by Gasteiger charge is -2.25. The van der Waals surface area contributed by atoms with Gasteiger partial charge in [-0.2, -0.15) is 0 Å². The quantitative estimate of drug-likeness (QED) is 0.641. The predicted molar refractivity (Wildman–Crippen MR) is 112 cm³/mol. The van der Waals surface area contributed by atoms with Crippen molar-refractivity contribution in [3.05, 3.63) is 59.7 Å². The Morgan fingerprint density at radius 2 is 1.66 bits per heavy atom. The molecule has 0 aliphatic rings. The predicted octanol–water partition coefficient (Wildman–Crippen LogP) is 2.24. The molecule has 0 radical (unpaired) electrons. The number of hydrogen-bond donors (Lipinski definition) is 2. The monoisotopic (exact) mass is 399 g/mol. The molecule has 1 atom stereocenters. The molecule has 0 spiro atoms. The molecule has 7 nitrogen and oxygen atoms in total. The van der Waals surface area contributed by atoms with Gasteiger partial charge in [0.25, 0.3) is 5.91 Å². The highest BCUT2D eigenvalue weighted by molar-refractivity contribution is 5.97. The molecule has 0 aliphatic carbocycles. The molecule has 7 heteroatoms. The van der Waals surface area contributed by atoms with Gasteiger partial charge in [-0.05, 0) is 43.9 Å². The van der Waals surface area contributed by atoms with E-state index in [0.29, 0.717) is 17.9 Å². The van der Waals surface area contributed by atoms with Gasteiger partial charge in [-0.1, -0.05) is 24.3 Å². The minimum atomic E-state index is -0.264. The first-order chi connectivity index (χ1) is 14.0. The average molecular weight is 399 g/mol. The molecule has 0 aromatic heterocycles. The second-order valence-electron chi connectivity index (χ2n) is 6.76. The van der Waals surface area contributed by atoms with E-state index in [0.717, 1.165) is 11.3 Å². The molecule has 0 heterocycles. The van der Waals surface area contributed by atoms with Crippen LogP contribution in [0.4, 0.5) is 0 Å². The Morgan fingerprint density at radius 3 is 2.28 bits per heavy atom. The standard InChI is InChI=1S/C22H29N3O4/c1-25(2)19(16-9-11-17(28-3)12-10-16)15-24-21(26)13-14-23-22(27)18-7-5-6-8-20(18)29-4/h5-12,19H,13-15H2,1-4H3,(H,23,27)(H,24,26)/t19-/m1/s1. The summed E-state index contributed by atoms with van der Waals surface area (Å²) in [5.74, 6) is 0.911. The Morgan fingerprint density at radius 1 is 0.966 bits per heavy atom. The molecule has 2 aromatic carbocycles. The fraction of sp³-hybridized carbons (Fsp3) is 0.364. The van der Waals surface area contributed by atoms with Crippen LogP contribution in [-0.2, 0) is 4.79 Å². The highest BCUT2D eigenvalue weighted by Crippen LogP contribution is 2.20. The average Bonchev–Trinajstić information content (AvgIpc) is 2.74. The fourth-order valence-corrected chi connectivity index (χ4v) is 2.94. The summed E-state index contributed by atoms with van der Waals surface area (Å²) < 4.78 is 10.4. The van der Waals surface area contributed by atoms with Crippen molar-refractivity contribution >= 4 is 11.8 Å². The summed E-state index contributed by atoms with van der Waals surface area (Å²) in [6, 6.07) is 14.8. The topological polar surface area (TPSA) is 79.9 Å². The maximum atomic E-state index is 12.3. The normalized spacial score (nSPS) is 11.6. The molecule has 2 amide bonds. The first-order valence-corrected chi connectivity index (χ1v) is 9.44. The highest BCUT2D eigenvalue weighted by atomic mass is 16.5. The van der Waals surface area contributed by atoms with Crippen molar-refractivity contribution in [3.63, 3.8) is 0 Å². The van der Waals surface area contributed by atoms with Crippen molar-refractivity contribution in [2.45, 2.75) is 12.5 Å². The van der Waals surface area contributed by atoms with Crippen LogP contribution in [0.1, 0.15) is 28.4 Å². The van der Waals surface area contributed by atoms with Gasteiger partial charge in [-0.3, -0.25) is 9.59 Å². The first-order valence-electron chi connectivity index (χ1n) is 9.44. The third kappa shape index (κ3) is 6.50. The zero-order valence-corrected chi connectivity index (χ0v) is 17.4. The third-order valence-corrected chi connectivity index (χ3v) is 4.61. The van der Waals surface area contributed by atoms with E-state index in [2.05, 4.69) is 10.6 Å². The van der Waals surface area contributed by atoms with Gasteiger partial charge < -0.3 is 25.0 Å². The number of nitrogens with one attached hydrogen (secondary N) is 2. The van der Waals surface area contributed by atoms with Crippen LogP contribution in [0.25, 0.3) is 0 Å². The zero-order valence-electron chi connectivity index (χ0n) is 17.4. The van der Waals surface area contributed by atoms with Gasteiger partial charge in [-0.15, -0.1) is 0 Å². The van der Waals surface area contributed by atoms with E-state index in [-0.39, 0.29) is 30.8 Å². The van der Waals surface area contributed by atoms with Crippen molar-refractivity contribution in [3.8, 4) is 11.5 Å². The van der Waals surface area contributed by atoms with Crippen LogP contribution >= 0.6 is 0 Å². The Hall–Kier alpha value is -3.06. The molecule has 0 unspecified atom stereocenters. The molecule has 0 saturated heterocycles. The molecule has 0 aliphatic heterocycles. The summed E-state index contributed by atoms with van der Waals surface area (Å²) in [6.45, 7) is 0.719. The molecule has 2 rings (SSSR count). The summed E-state index contributed by atoms with van der Waals surface area (Å²) in [6.07, 6.45) is 0.198. The molecule has 0 bridgehead atoms. The lowest BCUT2D eigenvalue weighted by Crippen LogP contribution is -2.36. The number of rotatable bonds is 10. The van der Waals surface area contributed by atoms with Crippen LogP contribution in [0.15, 0.2) is 48.5 Å². The van der Waals surface area contributed by atoms with Gasteiger partial charge in [0.1, 0.15) is 11.5 Å². The molecule has 156 valence electrons. The molecular weight excluding hydrogens is 370 g/mol. The van der Waals surface area contributed by atoms with E-state index in [4.69, 9.17) is 9.47 Å². The molecular formula is C22H29N3O4. The van der Waals surface area contributed by atoms with Gasteiger partial charge >= 0.3 is 0 Å². The minimum absolute atomic E-state index is 0.0352. The maximum Gasteiger partial charge on any atom is 0.255 e. The second kappa shape index (κ2) is 11.1. The first kappa shape index (κ1) is 22.2. The van der Waals surface area contributed by atoms with Crippen LogP contribution in [0.2, 0.25) is 0 Å². The number of nitrogens with zero attached hydrogens (tertiary/aromatic N) is 1. The van der Waals surface area contributed by atoms with Crippen molar-refractivity contribution < 1.29 is 19.1 Å². The van der Waals surface area contributed by atoms with Crippen LogP contribution in [0, 0.1) is 0 Å². The lowest BCUT2D eigenvalue weighted by molar-refractivity contribution is -0.121. The van der Waals surface area contributed by atoms with Gasteiger partial charge in [0.2, 0.25) is 5.91 Å². The number of amides is 2. The molecule has 2 aromatic rings. The molecule has 0 fully saturated rings. The number of ether oxygens (including phenoxy) is 2. The van der Waals surface area contributed by atoms with Crippen LogP contribution < -0.4 is 20.1 Å². The van der Waals surface area contributed by atoms with Crippen molar-refractivity contribution in [1.29, 1.82) is 0 Å². The lowest BCUT2D eigenvalue weighted by atomic mass is 10.1. The number of likely N-dealkylation sites (N-methyl/N-ethyl adjacent to an activating group) is 1. The Labute approximate surface area is 172 Å². The van der Waals surface area contributed by atoms with E-state index in [1.54, 1.807) is 31.4 Å². The van der Waals surface area contributed by atoms with Gasteiger partial charge in [0.05, 0.1) is 25.8 Å².